The van der Waals surface area contributed by atoms with Crippen LogP contribution in [-0.2, 0) is 14.8 Å². The lowest BCUT2D eigenvalue weighted by molar-refractivity contribution is -0.154. The minimum absolute atomic E-state index is 0.135. The number of aryl methyl sites for hydroxylation is 1. The van der Waals surface area contributed by atoms with Crippen molar-refractivity contribution in [3.05, 3.63) is 65.7 Å². The topological polar surface area (TPSA) is 70.1 Å². The number of rotatable bonds is 4. The second kappa shape index (κ2) is 6.53. The maximum atomic E-state index is 13.3. The van der Waals surface area contributed by atoms with Crippen LogP contribution in [0.4, 0.5) is 0 Å². The lowest BCUT2D eigenvalue weighted by atomic mass is 9.97. The van der Waals surface area contributed by atoms with Crippen molar-refractivity contribution in [3.63, 3.8) is 0 Å². The highest BCUT2D eigenvalue weighted by Gasteiger charge is 2.64. The van der Waals surface area contributed by atoms with Gasteiger partial charge in [0, 0.05) is 12.8 Å². The summed E-state index contributed by atoms with van der Waals surface area (Å²) in [6.07, 6.45) is 1.05. The Morgan fingerprint density at radius 3 is 2.36 bits per heavy atom. The number of carbonyl (C=O) groups excluding carboxylic acids is 1. The highest BCUT2D eigenvalue weighted by atomic mass is 32.2. The van der Waals surface area contributed by atoms with Gasteiger partial charge in [-0.15, -0.1) is 0 Å². The molecule has 7 heteroatoms. The zero-order chi connectivity index (χ0) is 20.1. The summed E-state index contributed by atoms with van der Waals surface area (Å²) in [7, 11) is -3.73. The zero-order valence-electron chi connectivity index (χ0n) is 16.1. The van der Waals surface area contributed by atoms with Gasteiger partial charge in [0.15, 0.2) is 6.04 Å². The van der Waals surface area contributed by atoms with Gasteiger partial charge in [-0.05, 0) is 38.5 Å². The SMILES string of the molecule is Cc1ccc(S(=O)(=O)N2CC(C)(C)N3C(=O)[C@@H](N=Cc4ccccc4)[C@@H]32)cc1. The Balaban J connectivity index is 1.67. The van der Waals surface area contributed by atoms with E-state index in [2.05, 4.69) is 4.99 Å². The Kier molecular flexibility index (Phi) is 4.39. The van der Waals surface area contributed by atoms with Crippen molar-refractivity contribution in [2.45, 2.75) is 43.4 Å². The lowest BCUT2D eigenvalue weighted by Gasteiger charge is -2.47. The van der Waals surface area contributed by atoms with E-state index in [1.165, 1.54) is 4.31 Å². The second-order valence-corrected chi connectivity index (χ2v) is 9.82. The highest BCUT2D eigenvalue weighted by Crippen LogP contribution is 2.43. The molecule has 28 heavy (non-hydrogen) atoms. The fraction of sp³-hybridized carbons (Fsp3) is 0.333. The maximum absolute atomic E-state index is 13.3. The number of sulfonamides is 1. The van der Waals surface area contributed by atoms with Crippen molar-refractivity contribution >= 4 is 22.1 Å². The lowest BCUT2D eigenvalue weighted by Crippen LogP contribution is -2.68. The first-order valence-corrected chi connectivity index (χ1v) is 10.7. The monoisotopic (exact) mass is 397 g/mol. The van der Waals surface area contributed by atoms with Crippen molar-refractivity contribution in [1.29, 1.82) is 0 Å². The third-order valence-corrected chi connectivity index (χ3v) is 7.17. The normalized spacial score (nSPS) is 24.4. The van der Waals surface area contributed by atoms with Gasteiger partial charge in [-0.25, -0.2) is 8.42 Å². The van der Waals surface area contributed by atoms with Crippen LogP contribution in [0.25, 0.3) is 0 Å². The average Bonchev–Trinajstić information content (AvgIpc) is 2.91. The number of aliphatic imine (C=N–C) groups is 1. The van der Waals surface area contributed by atoms with Crippen LogP contribution in [0.3, 0.4) is 0 Å². The summed E-state index contributed by atoms with van der Waals surface area (Å²) in [6, 6.07) is 15.5. The van der Waals surface area contributed by atoms with Gasteiger partial charge < -0.3 is 4.90 Å². The molecule has 2 aliphatic rings. The molecule has 146 valence electrons. The van der Waals surface area contributed by atoms with Crippen LogP contribution in [-0.4, -0.2) is 54.0 Å². The summed E-state index contributed by atoms with van der Waals surface area (Å²) in [5.41, 5.74) is 1.29. The molecule has 1 amide bonds. The molecule has 0 bridgehead atoms. The van der Waals surface area contributed by atoms with E-state index < -0.39 is 27.8 Å². The van der Waals surface area contributed by atoms with Gasteiger partial charge in [0.25, 0.3) is 5.91 Å². The first-order chi connectivity index (χ1) is 13.2. The smallest absolute Gasteiger partial charge is 0.252 e. The Morgan fingerprint density at radius 1 is 1.07 bits per heavy atom. The number of benzene rings is 2. The van der Waals surface area contributed by atoms with Crippen molar-refractivity contribution in [3.8, 4) is 0 Å². The molecule has 0 spiro atoms. The van der Waals surface area contributed by atoms with Gasteiger partial charge in [0.05, 0.1) is 10.4 Å². The van der Waals surface area contributed by atoms with Crippen molar-refractivity contribution in [2.24, 2.45) is 4.99 Å². The summed E-state index contributed by atoms with van der Waals surface area (Å²) >= 11 is 0. The quantitative estimate of drug-likeness (QED) is 0.588. The van der Waals surface area contributed by atoms with Gasteiger partial charge in [0.2, 0.25) is 10.0 Å². The van der Waals surface area contributed by atoms with E-state index in [4.69, 9.17) is 0 Å². The van der Waals surface area contributed by atoms with Crippen molar-refractivity contribution < 1.29 is 13.2 Å². The molecule has 0 unspecified atom stereocenters. The molecule has 0 aliphatic carbocycles. The predicted octanol–water partition coefficient (Wildman–Crippen LogP) is 2.43. The van der Waals surface area contributed by atoms with Gasteiger partial charge in [-0.2, -0.15) is 4.31 Å². The average molecular weight is 398 g/mol. The van der Waals surface area contributed by atoms with Gasteiger partial charge >= 0.3 is 0 Å². The molecule has 2 aromatic carbocycles. The van der Waals surface area contributed by atoms with Gasteiger partial charge in [-0.1, -0.05) is 48.0 Å². The molecule has 0 aromatic heterocycles. The van der Waals surface area contributed by atoms with Crippen molar-refractivity contribution in [1.82, 2.24) is 9.21 Å². The molecule has 6 nitrogen and oxygen atoms in total. The van der Waals surface area contributed by atoms with E-state index in [1.807, 2.05) is 51.1 Å². The number of fused-ring (bicyclic) bond motifs is 1. The summed E-state index contributed by atoms with van der Waals surface area (Å²) in [5.74, 6) is -0.135. The number of β-lactam (4-membered cyclic amide) rings is 1. The van der Waals surface area contributed by atoms with Crippen LogP contribution in [0.2, 0.25) is 0 Å². The standard InChI is InChI=1S/C21H23N3O3S/c1-15-9-11-17(12-10-15)28(26,27)23-14-21(2,3)24-19(23)18(20(24)25)22-13-16-7-5-4-6-8-16/h4-13,18-19H,14H2,1-3H3/t18-,19+/m0/s1. The number of hydrogen-bond acceptors (Lipinski definition) is 4. The van der Waals surface area contributed by atoms with Crippen LogP contribution < -0.4 is 0 Å². The third-order valence-electron chi connectivity index (χ3n) is 5.34. The molecule has 2 heterocycles. The molecule has 2 aliphatic heterocycles. The fourth-order valence-corrected chi connectivity index (χ4v) is 5.60. The second-order valence-electron chi connectivity index (χ2n) is 7.93. The minimum Gasteiger partial charge on any atom is -0.315 e. The first-order valence-electron chi connectivity index (χ1n) is 9.22. The number of hydrogen-bond donors (Lipinski definition) is 0. The maximum Gasteiger partial charge on any atom is 0.252 e. The predicted molar refractivity (Wildman–Crippen MR) is 108 cm³/mol. The number of nitrogens with zero attached hydrogens (tertiary/aromatic N) is 3. The Labute approximate surface area is 165 Å². The van der Waals surface area contributed by atoms with Crippen LogP contribution in [0.15, 0.2) is 64.5 Å². The van der Waals surface area contributed by atoms with Crippen LogP contribution in [0.1, 0.15) is 25.0 Å². The molecular weight excluding hydrogens is 374 g/mol. The third kappa shape index (κ3) is 2.95. The Bertz CT molecular complexity index is 1030. The van der Waals surface area contributed by atoms with Crippen LogP contribution in [0, 0.1) is 6.92 Å². The van der Waals surface area contributed by atoms with Gasteiger partial charge in [0.1, 0.15) is 6.17 Å². The van der Waals surface area contributed by atoms with Gasteiger partial charge in [-0.3, -0.25) is 9.79 Å². The summed E-state index contributed by atoms with van der Waals surface area (Å²) in [4.78, 5) is 19.0. The molecule has 0 radical (unpaired) electrons. The molecule has 2 fully saturated rings. The number of carbonyl (C=O) groups is 1. The van der Waals surface area contributed by atoms with E-state index in [0.29, 0.717) is 0 Å². The molecule has 2 aromatic rings. The molecule has 2 saturated heterocycles. The largest absolute Gasteiger partial charge is 0.315 e. The highest BCUT2D eigenvalue weighted by molar-refractivity contribution is 7.89. The Morgan fingerprint density at radius 2 is 1.71 bits per heavy atom. The van der Waals surface area contributed by atoms with Crippen molar-refractivity contribution in [2.75, 3.05) is 6.54 Å². The molecule has 2 atom stereocenters. The first kappa shape index (κ1) is 18.8. The molecular formula is C21H23N3O3S. The zero-order valence-corrected chi connectivity index (χ0v) is 16.9. The van der Waals surface area contributed by atoms with E-state index >= 15 is 0 Å². The molecule has 0 N–H and O–H groups in total. The Hall–Kier alpha value is -2.51. The van der Waals surface area contributed by atoms with E-state index in [-0.39, 0.29) is 17.3 Å². The van der Waals surface area contributed by atoms with E-state index in [9.17, 15) is 13.2 Å². The minimum atomic E-state index is -3.73. The summed E-state index contributed by atoms with van der Waals surface area (Å²) in [5, 5.41) is 0. The van der Waals surface area contributed by atoms with E-state index in [0.717, 1.165) is 11.1 Å². The molecule has 0 saturated carbocycles. The van der Waals surface area contributed by atoms with Crippen LogP contribution >= 0.6 is 0 Å². The summed E-state index contributed by atoms with van der Waals surface area (Å²) < 4.78 is 28.0. The molecule has 4 rings (SSSR count). The summed E-state index contributed by atoms with van der Waals surface area (Å²) in [6.45, 7) is 5.94. The van der Waals surface area contributed by atoms with Crippen LogP contribution in [0.5, 0.6) is 0 Å². The number of amides is 1. The fourth-order valence-electron chi connectivity index (χ4n) is 3.87. The van der Waals surface area contributed by atoms with E-state index in [1.54, 1.807) is 35.4 Å².